The molecule has 0 aliphatic carbocycles. The van der Waals surface area contributed by atoms with Gasteiger partial charge in [-0.1, -0.05) is 0 Å². The molecule has 13 heavy (non-hydrogen) atoms. The molecule has 0 saturated carbocycles. The molecular formula is C8H11N3O2. The van der Waals surface area contributed by atoms with Crippen LogP contribution in [0.1, 0.15) is 11.9 Å². The summed E-state index contributed by atoms with van der Waals surface area (Å²) in [7, 11) is 0. The van der Waals surface area contributed by atoms with E-state index >= 15 is 0 Å². The summed E-state index contributed by atoms with van der Waals surface area (Å²) in [4.78, 5) is 14.5. The van der Waals surface area contributed by atoms with Crippen LogP contribution in [0.5, 0.6) is 0 Å². The highest BCUT2D eigenvalue weighted by Gasteiger charge is 2.21. The minimum Gasteiger partial charge on any atom is -0.481 e. The molecule has 1 aliphatic heterocycles. The lowest BCUT2D eigenvalue weighted by Gasteiger charge is -2.29. The third-order valence-corrected chi connectivity index (χ3v) is 2.21. The lowest BCUT2D eigenvalue weighted by Crippen LogP contribution is -2.43. The van der Waals surface area contributed by atoms with Crippen LogP contribution < -0.4 is 5.32 Å². The highest BCUT2D eigenvalue weighted by atomic mass is 16.4. The molecule has 5 heteroatoms. The Morgan fingerprint density at radius 2 is 2.54 bits per heavy atom. The Kier molecular flexibility index (Phi) is 2.02. The van der Waals surface area contributed by atoms with Crippen LogP contribution in [0.15, 0.2) is 12.4 Å². The van der Waals surface area contributed by atoms with Gasteiger partial charge in [0.25, 0.3) is 0 Å². The van der Waals surface area contributed by atoms with Crippen LogP contribution in [0, 0.1) is 0 Å². The molecule has 2 heterocycles. The zero-order valence-corrected chi connectivity index (χ0v) is 7.10. The number of rotatable bonds is 3. The largest absolute Gasteiger partial charge is 0.481 e. The van der Waals surface area contributed by atoms with E-state index in [1.165, 1.54) is 0 Å². The van der Waals surface area contributed by atoms with E-state index in [1.54, 1.807) is 6.20 Å². The fraction of sp³-hybridized carbons (Fsp3) is 0.500. The first kappa shape index (κ1) is 8.25. The maximum atomic E-state index is 10.5. The number of carbonyl (C=O) groups is 1. The van der Waals surface area contributed by atoms with E-state index in [0.717, 1.165) is 13.1 Å². The minimum atomic E-state index is -0.834. The Balaban J connectivity index is 2.14. The van der Waals surface area contributed by atoms with E-state index in [9.17, 15) is 4.79 Å². The fourth-order valence-electron chi connectivity index (χ4n) is 1.42. The molecule has 5 nitrogen and oxygen atoms in total. The van der Waals surface area contributed by atoms with E-state index < -0.39 is 5.97 Å². The van der Waals surface area contributed by atoms with Crippen LogP contribution >= 0.6 is 0 Å². The van der Waals surface area contributed by atoms with Gasteiger partial charge in [-0.2, -0.15) is 0 Å². The number of nitrogens with one attached hydrogen (secondary N) is 1. The molecule has 0 spiro atoms. The number of aromatic nitrogens is 2. The van der Waals surface area contributed by atoms with E-state index in [0.29, 0.717) is 11.9 Å². The maximum Gasteiger partial charge on any atom is 0.311 e. The normalized spacial score (nSPS) is 16.9. The number of carboxylic acid groups (broad SMARTS) is 1. The van der Waals surface area contributed by atoms with Crippen LogP contribution in [0.3, 0.4) is 0 Å². The molecule has 0 atom stereocenters. The first-order valence-corrected chi connectivity index (χ1v) is 4.21. The summed E-state index contributed by atoms with van der Waals surface area (Å²) in [6, 6.07) is 0.386. The van der Waals surface area contributed by atoms with Gasteiger partial charge in [0.2, 0.25) is 0 Å². The second kappa shape index (κ2) is 3.18. The van der Waals surface area contributed by atoms with Gasteiger partial charge in [-0.3, -0.25) is 4.79 Å². The number of nitrogens with zero attached hydrogens (tertiary/aromatic N) is 2. The quantitative estimate of drug-likeness (QED) is 0.669. The van der Waals surface area contributed by atoms with Crippen molar-refractivity contribution in [3.63, 3.8) is 0 Å². The molecular weight excluding hydrogens is 170 g/mol. The summed E-state index contributed by atoms with van der Waals surface area (Å²) in [5, 5.41) is 11.7. The van der Waals surface area contributed by atoms with Gasteiger partial charge in [0.15, 0.2) is 0 Å². The van der Waals surface area contributed by atoms with Crippen LogP contribution in [-0.2, 0) is 11.2 Å². The van der Waals surface area contributed by atoms with Gasteiger partial charge in [-0.25, -0.2) is 4.98 Å². The summed E-state index contributed by atoms with van der Waals surface area (Å²) < 4.78 is 1.94. The summed E-state index contributed by atoms with van der Waals surface area (Å²) in [6.45, 7) is 1.81. The molecule has 2 rings (SSSR count). The molecule has 0 aromatic carbocycles. The molecule has 1 aliphatic rings. The highest BCUT2D eigenvalue weighted by molar-refractivity contribution is 5.69. The van der Waals surface area contributed by atoms with E-state index in [1.807, 2.05) is 10.8 Å². The maximum absolute atomic E-state index is 10.5. The molecule has 0 radical (unpaired) electrons. The van der Waals surface area contributed by atoms with Gasteiger partial charge in [-0.05, 0) is 0 Å². The van der Waals surface area contributed by atoms with Crippen molar-refractivity contribution in [1.29, 1.82) is 0 Å². The number of aliphatic carboxylic acids is 1. The Bertz CT molecular complexity index is 317. The van der Waals surface area contributed by atoms with Gasteiger partial charge >= 0.3 is 5.97 Å². The van der Waals surface area contributed by atoms with Crippen LogP contribution in [0.4, 0.5) is 0 Å². The van der Waals surface area contributed by atoms with Crippen LogP contribution in [-0.4, -0.2) is 33.7 Å². The van der Waals surface area contributed by atoms with Crippen molar-refractivity contribution in [2.75, 3.05) is 13.1 Å². The summed E-state index contributed by atoms with van der Waals surface area (Å²) in [5.41, 5.74) is 0. The standard InChI is InChI=1S/C8H11N3O2/c12-8(13)3-7-10-1-2-11(7)6-4-9-5-6/h1-2,6,9H,3-5H2,(H,12,13). The molecule has 1 fully saturated rings. The molecule has 1 aromatic rings. The van der Waals surface area contributed by atoms with Crippen molar-refractivity contribution in [3.05, 3.63) is 18.2 Å². The first-order chi connectivity index (χ1) is 6.27. The average Bonchev–Trinajstić information content (AvgIpc) is 2.32. The SMILES string of the molecule is O=C(O)Cc1nccn1C1CNC1. The van der Waals surface area contributed by atoms with Gasteiger partial charge in [0.05, 0.1) is 6.04 Å². The van der Waals surface area contributed by atoms with Gasteiger partial charge < -0.3 is 15.0 Å². The van der Waals surface area contributed by atoms with Crippen molar-refractivity contribution in [1.82, 2.24) is 14.9 Å². The average molecular weight is 181 g/mol. The Morgan fingerprint density at radius 3 is 3.08 bits per heavy atom. The van der Waals surface area contributed by atoms with Gasteiger partial charge in [0.1, 0.15) is 12.2 Å². The molecule has 0 unspecified atom stereocenters. The molecule has 2 N–H and O–H groups in total. The first-order valence-electron chi connectivity index (χ1n) is 4.21. The monoisotopic (exact) mass is 181 g/mol. The van der Waals surface area contributed by atoms with E-state index in [4.69, 9.17) is 5.11 Å². The lowest BCUT2D eigenvalue weighted by atomic mass is 10.2. The Hall–Kier alpha value is -1.36. The van der Waals surface area contributed by atoms with Crippen LogP contribution in [0.25, 0.3) is 0 Å². The number of hydrogen-bond donors (Lipinski definition) is 2. The Labute approximate surface area is 75.4 Å². The van der Waals surface area contributed by atoms with Gasteiger partial charge in [0, 0.05) is 25.5 Å². The third-order valence-electron chi connectivity index (χ3n) is 2.21. The fourth-order valence-corrected chi connectivity index (χ4v) is 1.42. The van der Waals surface area contributed by atoms with Gasteiger partial charge in [-0.15, -0.1) is 0 Å². The predicted octanol–water partition coefficient (Wildman–Crippen LogP) is -0.346. The zero-order valence-electron chi connectivity index (χ0n) is 7.10. The molecule has 0 amide bonds. The summed E-state index contributed by atoms with van der Waals surface area (Å²) >= 11 is 0. The number of carboxylic acids is 1. The van der Waals surface area contributed by atoms with Crippen LogP contribution in [0.2, 0.25) is 0 Å². The molecule has 0 bridgehead atoms. The van der Waals surface area contributed by atoms with Crippen molar-refractivity contribution in [2.45, 2.75) is 12.5 Å². The van der Waals surface area contributed by atoms with E-state index in [-0.39, 0.29) is 6.42 Å². The smallest absolute Gasteiger partial charge is 0.311 e. The summed E-state index contributed by atoms with van der Waals surface area (Å²) in [5.74, 6) is -0.196. The van der Waals surface area contributed by atoms with E-state index in [2.05, 4.69) is 10.3 Å². The number of imidazole rings is 1. The molecule has 1 saturated heterocycles. The molecule has 70 valence electrons. The molecule has 1 aromatic heterocycles. The third kappa shape index (κ3) is 1.55. The predicted molar refractivity (Wildman–Crippen MR) is 45.5 cm³/mol. The van der Waals surface area contributed by atoms with Crippen molar-refractivity contribution in [3.8, 4) is 0 Å². The second-order valence-electron chi connectivity index (χ2n) is 3.13. The Morgan fingerprint density at radius 1 is 1.77 bits per heavy atom. The van der Waals surface area contributed by atoms with Crippen molar-refractivity contribution >= 4 is 5.97 Å². The summed E-state index contributed by atoms with van der Waals surface area (Å²) in [6.07, 6.45) is 3.49. The minimum absolute atomic E-state index is 0.00347. The number of hydrogen-bond acceptors (Lipinski definition) is 3. The topological polar surface area (TPSA) is 67.1 Å². The van der Waals surface area contributed by atoms with Crippen molar-refractivity contribution in [2.24, 2.45) is 0 Å². The highest BCUT2D eigenvalue weighted by Crippen LogP contribution is 2.13. The second-order valence-corrected chi connectivity index (χ2v) is 3.13. The van der Waals surface area contributed by atoms with Crippen molar-refractivity contribution < 1.29 is 9.90 Å². The zero-order chi connectivity index (χ0) is 9.26. The lowest BCUT2D eigenvalue weighted by molar-refractivity contribution is -0.136.